The van der Waals surface area contributed by atoms with E-state index in [-0.39, 0.29) is 18.1 Å². The van der Waals surface area contributed by atoms with Crippen LogP contribution in [0.2, 0.25) is 0 Å². The molecule has 1 N–H and O–H groups in total. The Bertz CT molecular complexity index is 1050. The minimum Gasteiger partial charge on any atom is -0.323 e. The van der Waals surface area contributed by atoms with Crippen molar-refractivity contribution in [3.05, 3.63) is 76.5 Å². The van der Waals surface area contributed by atoms with E-state index in [1.54, 1.807) is 17.0 Å². The number of rotatable bonds is 6. The molecule has 7 heteroatoms. The van der Waals surface area contributed by atoms with Crippen LogP contribution in [0, 0.1) is 17.0 Å². The SMILES string of the molecule is Cc1nc(-c2ccccc2)cc(-c2cccc([N+](=O)[O-])c2)c1NC(=O)CN(C)C. The van der Waals surface area contributed by atoms with Gasteiger partial charge >= 0.3 is 0 Å². The van der Waals surface area contributed by atoms with E-state index in [0.29, 0.717) is 22.5 Å². The minimum absolute atomic E-state index is 0.0104. The number of hydrogen-bond donors (Lipinski definition) is 1. The van der Waals surface area contributed by atoms with Gasteiger partial charge in [-0.25, -0.2) is 0 Å². The number of carbonyl (C=O) groups excluding carboxylic acids is 1. The number of anilines is 1. The van der Waals surface area contributed by atoms with E-state index in [1.165, 1.54) is 12.1 Å². The zero-order chi connectivity index (χ0) is 21.0. The van der Waals surface area contributed by atoms with E-state index in [0.717, 1.165) is 11.3 Å². The van der Waals surface area contributed by atoms with Gasteiger partial charge < -0.3 is 10.2 Å². The molecule has 0 fully saturated rings. The summed E-state index contributed by atoms with van der Waals surface area (Å²) in [6.45, 7) is 2.03. The zero-order valence-electron chi connectivity index (χ0n) is 16.5. The van der Waals surface area contributed by atoms with Crippen molar-refractivity contribution in [3.63, 3.8) is 0 Å². The predicted molar refractivity (Wildman–Crippen MR) is 114 cm³/mol. The molecule has 0 atom stereocenters. The van der Waals surface area contributed by atoms with Crippen molar-refractivity contribution in [2.24, 2.45) is 0 Å². The first-order valence-electron chi connectivity index (χ1n) is 9.11. The summed E-state index contributed by atoms with van der Waals surface area (Å²) in [7, 11) is 3.62. The number of aryl methyl sites for hydroxylation is 1. The molecule has 0 radical (unpaired) electrons. The highest BCUT2D eigenvalue weighted by Gasteiger charge is 2.17. The number of carbonyl (C=O) groups is 1. The summed E-state index contributed by atoms with van der Waals surface area (Å²) in [6, 6.07) is 17.9. The topological polar surface area (TPSA) is 88.4 Å². The molecule has 3 aromatic rings. The first kappa shape index (κ1) is 20.2. The minimum atomic E-state index is -0.431. The van der Waals surface area contributed by atoms with Crippen LogP contribution in [-0.2, 0) is 4.79 Å². The largest absolute Gasteiger partial charge is 0.323 e. The van der Waals surface area contributed by atoms with Crippen LogP contribution in [0.3, 0.4) is 0 Å². The molecule has 0 saturated carbocycles. The first-order chi connectivity index (χ1) is 13.8. The monoisotopic (exact) mass is 390 g/mol. The summed E-state index contributed by atoms with van der Waals surface area (Å²) in [5, 5.41) is 14.2. The van der Waals surface area contributed by atoms with Gasteiger partial charge in [-0.2, -0.15) is 0 Å². The number of likely N-dealkylation sites (N-methyl/N-ethyl adjacent to an activating group) is 1. The van der Waals surface area contributed by atoms with Crippen LogP contribution in [-0.4, -0.2) is 41.4 Å². The molecule has 148 valence electrons. The lowest BCUT2D eigenvalue weighted by atomic mass is 9.99. The van der Waals surface area contributed by atoms with Crippen molar-refractivity contribution >= 4 is 17.3 Å². The summed E-state index contributed by atoms with van der Waals surface area (Å²) in [6.07, 6.45) is 0. The van der Waals surface area contributed by atoms with Gasteiger partial charge in [0.15, 0.2) is 0 Å². The molecule has 0 unspecified atom stereocenters. The van der Waals surface area contributed by atoms with Gasteiger partial charge in [0.2, 0.25) is 5.91 Å². The molecule has 1 amide bonds. The highest BCUT2D eigenvalue weighted by atomic mass is 16.6. The fraction of sp³-hybridized carbons (Fsp3) is 0.182. The molecule has 3 rings (SSSR count). The predicted octanol–water partition coefficient (Wildman–Crippen LogP) is 4.13. The molecule has 7 nitrogen and oxygen atoms in total. The van der Waals surface area contributed by atoms with Crippen LogP contribution in [0.25, 0.3) is 22.4 Å². The normalized spacial score (nSPS) is 10.8. The van der Waals surface area contributed by atoms with Gasteiger partial charge in [0.1, 0.15) is 0 Å². The lowest BCUT2D eigenvalue weighted by Crippen LogP contribution is -2.27. The molecule has 0 saturated heterocycles. The van der Waals surface area contributed by atoms with Crippen molar-refractivity contribution < 1.29 is 9.72 Å². The number of non-ortho nitro benzene ring substituents is 1. The first-order valence-corrected chi connectivity index (χ1v) is 9.11. The van der Waals surface area contributed by atoms with Crippen LogP contribution in [0.4, 0.5) is 11.4 Å². The fourth-order valence-electron chi connectivity index (χ4n) is 3.07. The van der Waals surface area contributed by atoms with Gasteiger partial charge in [0.05, 0.1) is 28.5 Å². The van der Waals surface area contributed by atoms with Gasteiger partial charge in [-0.15, -0.1) is 0 Å². The Labute approximate surface area is 169 Å². The molecule has 1 heterocycles. The number of nitro benzene ring substituents is 1. The third-order valence-corrected chi connectivity index (χ3v) is 4.36. The van der Waals surface area contributed by atoms with E-state index in [2.05, 4.69) is 10.3 Å². The number of hydrogen-bond acceptors (Lipinski definition) is 5. The Hall–Kier alpha value is -3.58. The summed E-state index contributed by atoms with van der Waals surface area (Å²) < 4.78 is 0. The molecule has 29 heavy (non-hydrogen) atoms. The maximum absolute atomic E-state index is 12.4. The second-order valence-corrected chi connectivity index (χ2v) is 6.97. The van der Waals surface area contributed by atoms with Gasteiger partial charge in [0, 0.05) is 23.3 Å². The Balaban J connectivity index is 2.16. The maximum Gasteiger partial charge on any atom is 0.270 e. The van der Waals surface area contributed by atoms with Crippen LogP contribution in [0.5, 0.6) is 0 Å². The van der Waals surface area contributed by atoms with E-state index in [1.807, 2.05) is 57.4 Å². The van der Waals surface area contributed by atoms with Gasteiger partial charge in [-0.3, -0.25) is 19.9 Å². The molecule has 0 spiro atoms. The lowest BCUT2D eigenvalue weighted by molar-refractivity contribution is -0.384. The molecule has 0 aliphatic heterocycles. The average Bonchev–Trinajstić information content (AvgIpc) is 2.69. The quantitative estimate of drug-likeness (QED) is 0.505. The maximum atomic E-state index is 12.4. The Morgan fingerprint density at radius 1 is 1.07 bits per heavy atom. The Kier molecular flexibility index (Phi) is 5.99. The van der Waals surface area contributed by atoms with Crippen LogP contribution in [0.1, 0.15) is 5.69 Å². The molecule has 0 bridgehead atoms. The van der Waals surface area contributed by atoms with Crippen LogP contribution in [0.15, 0.2) is 60.7 Å². The van der Waals surface area contributed by atoms with E-state index in [4.69, 9.17) is 0 Å². The second-order valence-electron chi connectivity index (χ2n) is 6.97. The van der Waals surface area contributed by atoms with Crippen molar-refractivity contribution in [3.8, 4) is 22.4 Å². The number of benzene rings is 2. The Morgan fingerprint density at radius 2 is 1.76 bits per heavy atom. The summed E-state index contributed by atoms with van der Waals surface area (Å²) >= 11 is 0. The lowest BCUT2D eigenvalue weighted by Gasteiger charge is -2.17. The summed E-state index contributed by atoms with van der Waals surface area (Å²) in [4.78, 5) is 29.6. The second kappa shape index (κ2) is 8.62. The van der Waals surface area contributed by atoms with Crippen LogP contribution >= 0.6 is 0 Å². The van der Waals surface area contributed by atoms with Gasteiger partial charge in [0.25, 0.3) is 5.69 Å². The molecule has 0 aliphatic carbocycles. The molecular formula is C22H22N4O3. The smallest absolute Gasteiger partial charge is 0.270 e. The summed E-state index contributed by atoms with van der Waals surface area (Å²) in [5.74, 6) is -0.181. The number of aromatic nitrogens is 1. The number of nitro groups is 1. The number of nitrogens with zero attached hydrogens (tertiary/aromatic N) is 3. The Morgan fingerprint density at radius 3 is 2.41 bits per heavy atom. The van der Waals surface area contributed by atoms with Crippen molar-refractivity contribution in [2.45, 2.75) is 6.92 Å². The molecular weight excluding hydrogens is 368 g/mol. The number of nitrogens with one attached hydrogen (secondary N) is 1. The van der Waals surface area contributed by atoms with Gasteiger partial charge in [-0.1, -0.05) is 42.5 Å². The van der Waals surface area contributed by atoms with Crippen molar-refractivity contribution in [1.29, 1.82) is 0 Å². The zero-order valence-corrected chi connectivity index (χ0v) is 16.5. The molecule has 2 aromatic carbocycles. The average molecular weight is 390 g/mol. The highest BCUT2D eigenvalue weighted by Crippen LogP contribution is 2.35. The van der Waals surface area contributed by atoms with Crippen molar-refractivity contribution in [2.75, 3.05) is 26.0 Å². The summed E-state index contributed by atoms with van der Waals surface area (Å²) in [5.41, 5.74) is 4.17. The van der Waals surface area contributed by atoms with Crippen molar-refractivity contribution in [1.82, 2.24) is 9.88 Å². The van der Waals surface area contributed by atoms with E-state index in [9.17, 15) is 14.9 Å². The third-order valence-electron chi connectivity index (χ3n) is 4.36. The molecule has 1 aromatic heterocycles. The number of pyridine rings is 1. The molecule has 0 aliphatic rings. The number of amides is 1. The fourth-order valence-corrected chi connectivity index (χ4v) is 3.07. The van der Waals surface area contributed by atoms with E-state index < -0.39 is 4.92 Å². The highest BCUT2D eigenvalue weighted by molar-refractivity contribution is 5.98. The standard InChI is InChI=1S/C22H22N4O3/c1-15-22(24-21(27)14-25(2)3)19(17-10-7-11-18(12-17)26(28)29)13-20(23-15)16-8-5-4-6-9-16/h4-13H,14H2,1-3H3,(H,24,27). The van der Waals surface area contributed by atoms with E-state index >= 15 is 0 Å². The third kappa shape index (κ3) is 4.83. The van der Waals surface area contributed by atoms with Crippen LogP contribution < -0.4 is 5.32 Å². The van der Waals surface area contributed by atoms with Gasteiger partial charge in [-0.05, 0) is 32.6 Å².